The molecule has 208 valence electrons. The zero-order valence-corrected chi connectivity index (χ0v) is 24.0. The predicted octanol–water partition coefficient (Wildman–Crippen LogP) is 4.97. The number of sulfonamides is 1. The van der Waals surface area contributed by atoms with E-state index in [1.165, 1.54) is 35.2 Å². The number of nitrogens with zero attached hydrogens (tertiary/aromatic N) is 2. The molecule has 7 nitrogen and oxygen atoms in total. The number of halogens is 1. The summed E-state index contributed by atoms with van der Waals surface area (Å²) in [6, 6.07) is 18.2. The van der Waals surface area contributed by atoms with Crippen LogP contribution < -0.4 is 9.62 Å². The molecule has 0 aliphatic carbocycles. The van der Waals surface area contributed by atoms with Gasteiger partial charge >= 0.3 is 0 Å². The third-order valence-corrected chi connectivity index (χ3v) is 8.01. The Labute approximate surface area is 230 Å². The van der Waals surface area contributed by atoms with Crippen molar-refractivity contribution in [2.24, 2.45) is 0 Å². The molecule has 0 aliphatic rings. The summed E-state index contributed by atoms with van der Waals surface area (Å²) >= 11 is 0. The second-order valence-corrected chi connectivity index (χ2v) is 12.5. The SMILES string of the molecule is Cc1ccc(S(=O)(=O)N(CC(=O)N(Cc2ccccc2F)[C@@H](C)C(=O)NC(C)(C)C)c2ccccc2C)cc1. The Kier molecular flexibility index (Phi) is 9.17. The number of amides is 2. The van der Waals surface area contributed by atoms with Crippen molar-refractivity contribution in [1.29, 1.82) is 0 Å². The highest BCUT2D eigenvalue weighted by atomic mass is 32.2. The Morgan fingerprint density at radius 1 is 0.923 bits per heavy atom. The summed E-state index contributed by atoms with van der Waals surface area (Å²) in [5, 5.41) is 2.85. The number of hydrogen-bond donors (Lipinski definition) is 1. The monoisotopic (exact) mass is 553 g/mol. The molecule has 2 amide bonds. The van der Waals surface area contributed by atoms with Gasteiger partial charge in [0.1, 0.15) is 18.4 Å². The van der Waals surface area contributed by atoms with Gasteiger partial charge in [-0.05, 0) is 71.4 Å². The second-order valence-electron chi connectivity index (χ2n) is 10.6. The lowest BCUT2D eigenvalue weighted by atomic mass is 10.1. The van der Waals surface area contributed by atoms with Crippen molar-refractivity contribution >= 4 is 27.5 Å². The minimum absolute atomic E-state index is 0.0309. The molecule has 1 atom stereocenters. The van der Waals surface area contributed by atoms with Gasteiger partial charge in [-0.2, -0.15) is 0 Å². The number of rotatable bonds is 9. The third kappa shape index (κ3) is 7.44. The van der Waals surface area contributed by atoms with E-state index >= 15 is 0 Å². The van der Waals surface area contributed by atoms with E-state index in [1.54, 1.807) is 56.3 Å². The quantitative estimate of drug-likeness (QED) is 0.405. The van der Waals surface area contributed by atoms with Gasteiger partial charge in [0.05, 0.1) is 10.6 Å². The number of benzene rings is 3. The van der Waals surface area contributed by atoms with Crippen molar-refractivity contribution in [2.45, 2.75) is 64.6 Å². The van der Waals surface area contributed by atoms with Crippen molar-refractivity contribution in [2.75, 3.05) is 10.8 Å². The lowest BCUT2D eigenvalue weighted by Crippen LogP contribution is -2.54. The lowest BCUT2D eigenvalue weighted by molar-refractivity contribution is -0.140. The van der Waals surface area contributed by atoms with E-state index in [4.69, 9.17) is 0 Å². The summed E-state index contributed by atoms with van der Waals surface area (Å²) in [7, 11) is -4.17. The zero-order valence-electron chi connectivity index (χ0n) is 23.2. The third-order valence-electron chi connectivity index (χ3n) is 6.24. The number of nitrogens with one attached hydrogen (secondary N) is 1. The highest BCUT2D eigenvalue weighted by Gasteiger charge is 2.34. The topological polar surface area (TPSA) is 86.8 Å². The minimum atomic E-state index is -4.17. The number of anilines is 1. The predicted molar refractivity (Wildman–Crippen MR) is 151 cm³/mol. The normalized spacial score (nSPS) is 12.5. The molecule has 0 heterocycles. The fourth-order valence-electron chi connectivity index (χ4n) is 4.06. The molecule has 0 saturated carbocycles. The Morgan fingerprint density at radius 3 is 2.10 bits per heavy atom. The van der Waals surface area contributed by atoms with Crippen molar-refractivity contribution in [3.63, 3.8) is 0 Å². The molecule has 9 heteroatoms. The van der Waals surface area contributed by atoms with Crippen LogP contribution in [-0.2, 0) is 26.2 Å². The molecular formula is C30H36FN3O4S. The number of carbonyl (C=O) groups excluding carboxylic acids is 2. The fraction of sp³-hybridized carbons (Fsp3) is 0.333. The van der Waals surface area contributed by atoms with E-state index in [0.717, 1.165) is 9.87 Å². The molecule has 0 bridgehead atoms. The van der Waals surface area contributed by atoms with E-state index in [9.17, 15) is 22.4 Å². The second kappa shape index (κ2) is 12.0. The van der Waals surface area contributed by atoms with Crippen LogP contribution in [-0.4, -0.2) is 43.3 Å². The first-order chi connectivity index (χ1) is 18.2. The zero-order chi connectivity index (χ0) is 29.0. The first-order valence-corrected chi connectivity index (χ1v) is 14.1. The Balaban J connectivity index is 2.06. The Hall–Kier alpha value is -3.72. The highest BCUT2D eigenvalue weighted by molar-refractivity contribution is 7.92. The van der Waals surface area contributed by atoms with Crippen molar-refractivity contribution in [3.05, 3.63) is 95.3 Å². The van der Waals surface area contributed by atoms with Gasteiger partial charge in [0.2, 0.25) is 11.8 Å². The Bertz CT molecular complexity index is 1430. The highest BCUT2D eigenvalue weighted by Crippen LogP contribution is 2.27. The molecule has 3 aromatic rings. The van der Waals surface area contributed by atoms with Gasteiger partial charge in [-0.3, -0.25) is 13.9 Å². The van der Waals surface area contributed by atoms with E-state index in [2.05, 4.69) is 5.32 Å². The fourth-order valence-corrected chi connectivity index (χ4v) is 5.54. The van der Waals surface area contributed by atoms with E-state index in [1.807, 2.05) is 27.7 Å². The van der Waals surface area contributed by atoms with Crippen LogP contribution in [0.15, 0.2) is 77.7 Å². The van der Waals surface area contributed by atoms with E-state index in [-0.39, 0.29) is 17.0 Å². The molecule has 0 saturated heterocycles. The van der Waals surface area contributed by atoms with Gasteiger partial charge in [-0.25, -0.2) is 12.8 Å². The number of hydrogen-bond acceptors (Lipinski definition) is 4. The maximum Gasteiger partial charge on any atom is 0.264 e. The number of carbonyl (C=O) groups is 2. The molecule has 0 spiro atoms. The van der Waals surface area contributed by atoms with Crippen LogP contribution in [0.4, 0.5) is 10.1 Å². The summed E-state index contributed by atoms with van der Waals surface area (Å²) in [6.07, 6.45) is 0. The molecule has 0 fully saturated rings. The summed E-state index contributed by atoms with van der Waals surface area (Å²) < 4.78 is 43.4. The molecule has 1 N–H and O–H groups in total. The van der Waals surface area contributed by atoms with Crippen molar-refractivity contribution < 1.29 is 22.4 Å². The van der Waals surface area contributed by atoms with Crippen LogP contribution >= 0.6 is 0 Å². The van der Waals surface area contributed by atoms with Gasteiger partial charge in [0.15, 0.2) is 0 Å². The molecular weight excluding hydrogens is 517 g/mol. The van der Waals surface area contributed by atoms with E-state index < -0.39 is 45.8 Å². The lowest BCUT2D eigenvalue weighted by Gasteiger charge is -2.34. The number of aryl methyl sites for hydroxylation is 2. The van der Waals surface area contributed by atoms with Crippen LogP contribution in [0.1, 0.15) is 44.4 Å². The van der Waals surface area contributed by atoms with Gasteiger partial charge in [-0.1, -0.05) is 54.1 Å². The van der Waals surface area contributed by atoms with Crippen LogP contribution in [0.2, 0.25) is 0 Å². The van der Waals surface area contributed by atoms with Gasteiger partial charge in [-0.15, -0.1) is 0 Å². The first kappa shape index (κ1) is 29.8. The van der Waals surface area contributed by atoms with Crippen molar-refractivity contribution in [3.8, 4) is 0 Å². The average Bonchev–Trinajstić information content (AvgIpc) is 2.86. The minimum Gasteiger partial charge on any atom is -0.350 e. The first-order valence-electron chi connectivity index (χ1n) is 12.7. The molecule has 0 radical (unpaired) electrons. The summed E-state index contributed by atoms with van der Waals surface area (Å²) in [4.78, 5) is 28.3. The van der Waals surface area contributed by atoms with E-state index in [0.29, 0.717) is 11.3 Å². The molecule has 39 heavy (non-hydrogen) atoms. The largest absolute Gasteiger partial charge is 0.350 e. The smallest absolute Gasteiger partial charge is 0.264 e. The molecule has 0 aromatic heterocycles. The summed E-state index contributed by atoms with van der Waals surface area (Å²) in [6.45, 7) is 9.81. The molecule has 0 aliphatic heterocycles. The van der Waals surface area contributed by atoms with Gasteiger partial charge in [0, 0.05) is 17.6 Å². The number of para-hydroxylation sites is 1. The van der Waals surface area contributed by atoms with Crippen LogP contribution in [0.5, 0.6) is 0 Å². The molecule has 3 aromatic carbocycles. The molecule has 0 unspecified atom stereocenters. The van der Waals surface area contributed by atoms with Gasteiger partial charge < -0.3 is 10.2 Å². The summed E-state index contributed by atoms with van der Waals surface area (Å²) in [5.41, 5.74) is 1.52. The average molecular weight is 554 g/mol. The maximum atomic E-state index is 14.6. The Morgan fingerprint density at radius 2 is 1.51 bits per heavy atom. The van der Waals surface area contributed by atoms with Crippen LogP contribution in [0.3, 0.4) is 0 Å². The van der Waals surface area contributed by atoms with Crippen molar-refractivity contribution in [1.82, 2.24) is 10.2 Å². The summed E-state index contributed by atoms with van der Waals surface area (Å²) in [5.74, 6) is -1.61. The maximum absolute atomic E-state index is 14.6. The van der Waals surface area contributed by atoms with Gasteiger partial charge in [0.25, 0.3) is 10.0 Å². The van der Waals surface area contributed by atoms with Crippen LogP contribution in [0, 0.1) is 19.7 Å². The molecule has 3 rings (SSSR count). The standard InChI is InChI=1S/C30H36FN3O4S/c1-21-15-17-25(18-16-21)39(37,38)34(27-14-10-7-11-22(27)2)20-28(35)33(19-24-12-8-9-13-26(24)31)23(3)29(36)32-30(4,5)6/h7-18,23H,19-20H2,1-6H3,(H,32,36)/t23-/m0/s1. The van der Waals surface area contributed by atoms with Crippen LogP contribution in [0.25, 0.3) is 0 Å².